The second-order valence-electron chi connectivity index (χ2n) is 8.84. The maximum Gasteiger partial charge on any atom is 0.222 e. The lowest BCUT2D eigenvalue weighted by molar-refractivity contribution is -0.131. The van der Waals surface area contributed by atoms with Crippen LogP contribution in [0.15, 0.2) is 48.5 Å². The lowest BCUT2D eigenvalue weighted by Gasteiger charge is -2.30. The van der Waals surface area contributed by atoms with Crippen LogP contribution in [0.3, 0.4) is 0 Å². The Labute approximate surface area is 177 Å². The minimum Gasteiger partial charge on any atom is -0.350 e. The van der Waals surface area contributed by atoms with E-state index in [9.17, 15) is 14.0 Å². The van der Waals surface area contributed by atoms with Crippen molar-refractivity contribution in [2.75, 3.05) is 13.1 Å². The van der Waals surface area contributed by atoms with Gasteiger partial charge in [0.15, 0.2) is 0 Å². The zero-order valence-corrected chi connectivity index (χ0v) is 17.5. The largest absolute Gasteiger partial charge is 0.350 e. The number of hydrogen-bond acceptors (Lipinski definition) is 2. The molecule has 0 radical (unpaired) electrons. The number of rotatable bonds is 6. The minimum absolute atomic E-state index is 0.0582. The first kappa shape index (κ1) is 20.6. The van der Waals surface area contributed by atoms with Crippen LogP contribution in [-0.4, -0.2) is 35.3 Å². The summed E-state index contributed by atoms with van der Waals surface area (Å²) in [5, 5.41) is 3.16. The number of likely N-dealkylation sites (tertiary alicyclic amines) is 1. The van der Waals surface area contributed by atoms with Crippen molar-refractivity contribution in [3.8, 4) is 0 Å². The Morgan fingerprint density at radius 3 is 2.67 bits per heavy atom. The molecule has 30 heavy (non-hydrogen) atoms. The summed E-state index contributed by atoms with van der Waals surface area (Å²) < 4.78 is 14.1. The fourth-order valence-electron chi connectivity index (χ4n) is 4.83. The standard InChI is InChI=1S/C25H29FN2O2/c1-18-6-8-19(9-7-18)16-25(13-10-23(29)27-25)14-11-24(30)28-15-12-20(17-28)21-4-2-3-5-22(21)26/h2-9,20H,10-17H2,1H3,(H,27,29)/t20-,25+/m1/s1. The smallest absolute Gasteiger partial charge is 0.222 e. The van der Waals surface area contributed by atoms with Crippen LogP contribution in [-0.2, 0) is 16.0 Å². The highest BCUT2D eigenvalue weighted by Gasteiger charge is 2.38. The Balaban J connectivity index is 1.38. The number of hydrogen-bond donors (Lipinski definition) is 1. The van der Waals surface area contributed by atoms with E-state index in [2.05, 4.69) is 36.5 Å². The zero-order chi connectivity index (χ0) is 21.1. The van der Waals surface area contributed by atoms with E-state index in [1.54, 1.807) is 6.07 Å². The highest BCUT2D eigenvalue weighted by atomic mass is 19.1. The second kappa shape index (κ2) is 8.58. The van der Waals surface area contributed by atoms with Gasteiger partial charge >= 0.3 is 0 Å². The van der Waals surface area contributed by atoms with E-state index in [1.165, 1.54) is 17.2 Å². The number of aryl methyl sites for hydroxylation is 1. The summed E-state index contributed by atoms with van der Waals surface area (Å²) in [5.74, 6) is 0.0268. The van der Waals surface area contributed by atoms with Gasteiger partial charge in [-0.1, -0.05) is 48.0 Å². The van der Waals surface area contributed by atoms with Crippen LogP contribution < -0.4 is 5.32 Å². The molecular formula is C25H29FN2O2. The number of amides is 2. The summed E-state index contributed by atoms with van der Waals surface area (Å²) in [7, 11) is 0. The van der Waals surface area contributed by atoms with Gasteiger partial charge in [0.1, 0.15) is 5.82 Å². The third-order valence-electron chi connectivity index (χ3n) is 6.60. The molecule has 0 aromatic heterocycles. The Bertz CT molecular complexity index is 927. The van der Waals surface area contributed by atoms with Gasteiger partial charge in [-0.2, -0.15) is 0 Å². The Kier molecular flexibility index (Phi) is 5.89. The highest BCUT2D eigenvalue weighted by Crippen LogP contribution is 2.32. The van der Waals surface area contributed by atoms with Crippen LogP contribution in [0.25, 0.3) is 0 Å². The van der Waals surface area contributed by atoms with Gasteiger partial charge in [-0.05, 0) is 49.8 Å². The molecule has 0 bridgehead atoms. The van der Waals surface area contributed by atoms with Gasteiger partial charge in [0.25, 0.3) is 0 Å². The average molecular weight is 409 g/mol. The molecule has 0 aliphatic carbocycles. The van der Waals surface area contributed by atoms with Crippen molar-refractivity contribution in [1.82, 2.24) is 10.2 Å². The fourth-order valence-corrected chi connectivity index (χ4v) is 4.83. The van der Waals surface area contributed by atoms with Crippen LogP contribution in [0.1, 0.15) is 54.7 Å². The maximum absolute atomic E-state index is 14.1. The summed E-state index contributed by atoms with van der Waals surface area (Å²) in [6, 6.07) is 15.2. The van der Waals surface area contributed by atoms with Crippen LogP contribution >= 0.6 is 0 Å². The molecule has 2 atom stereocenters. The van der Waals surface area contributed by atoms with Crippen LogP contribution in [0, 0.1) is 12.7 Å². The van der Waals surface area contributed by atoms with E-state index >= 15 is 0 Å². The molecule has 0 spiro atoms. The molecule has 2 amide bonds. The topological polar surface area (TPSA) is 49.4 Å². The van der Waals surface area contributed by atoms with Gasteiger partial charge in [0, 0.05) is 37.4 Å². The molecule has 2 aliphatic rings. The number of benzene rings is 2. The number of halogens is 1. The fraction of sp³-hybridized carbons (Fsp3) is 0.440. The van der Waals surface area contributed by atoms with Crippen molar-refractivity contribution < 1.29 is 14.0 Å². The van der Waals surface area contributed by atoms with E-state index in [0.717, 1.165) is 19.3 Å². The summed E-state index contributed by atoms with van der Waals surface area (Å²) in [5.41, 5.74) is 2.73. The lowest BCUT2D eigenvalue weighted by Crippen LogP contribution is -2.44. The van der Waals surface area contributed by atoms with Crippen molar-refractivity contribution in [3.05, 3.63) is 71.0 Å². The van der Waals surface area contributed by atoms with Crippen molar-refractivity contribution in [2.24, 2.45) is 0 Å². The first-order valence-electron chi connectivity index (χ1n) is 10.8. The van der Waals surface area contributed by atoms with Crippen LogP contribution in [0.2, 0.25) is 0 Å². The molecule has 2 aromatic rings. The molecule has 2 aromatic carbocycles. The summed E-state index contributed by atoms with van der Waals surface area (Å²) in [6.45, 7) is 3.28. The summed E-state index contributed by atoms with van der Waals surface area (Å²) in [6.07, 6.45) is 3.83. The van der Waals surface area contributed by atoms with Crippen LogP contribution in [0.5, 0.6) is 0 Å². The molecule has 2 saturated heterocycles. The highest BCUT2D eigenvalue weighted by molar-refractivity contribution is 5.80. The van der Waals surface area contributed by atoms with E-state index in [4.69, 9.17) is 0 Å². The predicted octanol–water partition coefficient (Wildman–Crippen LogP) is 4.12. The van der Waals surface area contributed by atoms with Gasteiger partial charge in [-0.15, -0.1) is 0 Å². The number of nitrogens with zero attached hydrogens (tertiary/aromatic N) is 1. The zero-order valence-electron chi connectivity index (χ0n) is 17.5. The second-order valence-corrected chi connectivity index (χ2v) is 8.84. The molecule has 4 rings (SSSR count). The van der Waals surface area contributed by atoms with Gasteiger partial charge in [-0.25, -0.2) is 4.39 Å². The number of carbonyl (C=O) groups excluding carboxylic acids is 2. The van der Waals surface area contributed by atoms with Gasteiger partial charge in [-0.3, -0.25) is 9.59 Å². The van der Waals surface area contributed by atoms with E-state index in [1.807, 2.05) is 17.0 Å². The van der Waals surface area contributed by atoms with Crippen molar-refractivity contribution >= 4 is 11.8 Å². The summed E-state index contributed by atoms with van der Waals surface area (Å²) >= 11 is 0. The number of nitrogens with one attached hydrogen (secondary N) is 1. The van der Waals surface area contributed by atoms with Crippen LogP contribution in [0.4, 0.5) is 4.39 Å². The van der Waals surface area contributed by atoms with E-state index in [0.29, 0.717) is 37.9 Å². The molecule has 4 nitrogen and oxygen atoms in total. The van der Waals surface area contributed by atoms with E-state index < -0.39 is 0 Å². The SMILES string of the molecule is Cc1ccc(C[C@@]2(CCC(=O)N3CC[C@@H](c4ccccc4F)C3)CCC(=O)N2)cc1. The third kappa shape index (κ3) is 4.55. The van der Waals surface area contributed by atoms with Gasteiger partial charge < -0.3 is 10.2 Å². The first-order valence-corrected chi connectivity index (χ1v) is 10.8. The molecule has 1 N–H and O–H groups in total. The number of carbonyl (C=O) groups is 2. The summed E-state index contributed by atoms with van der Waals surface area (Å²) in [4.78, 5) is 26.8. The molecule has 0 unspecified atom stereocenters. The predicted molar refractivity (Wildman–Crippen MR) is 115 cm³/mol. The Morgan fingerprint density at radius 2 is 1.97 bits per heavy atom. The Hall–Kier alpha value is -2.69. The average Bonchev–Trinajstić information content (AvgIpc) is 3.36. The monoisotopic (exact) mass is 408 g/mol. The third-order valence-corrected chi connectivity index (χ3v) is 6.60. The molecular weight excluding hydrogens is 379 g/mol. The van der Waals surface area contributed by atoms with Gasteiger partial charge in [0.05, 0.1) is 0 Å². The minimum atomic E-state index is -0.354. The molecule has 2 heterocycles. The van der Waals surface area contributed by atoms with E-state index in [-0.39, 0.29) is 29.1 Å². The molecule has 2 fully saturated rings. The lowest BCUT2D eigenvalue weighted by atomic mass is 9.84. The van der Waals surface area contributed by atoms with Gasteiger partial charge in [0.2, 0.25) is 11.8 Å². The van der Waals surface area contributed by atoms with Crippen molar-refractivity contribution in [1.29, 1.82) is 0 Å². The molecule has 5 heteroatoms. The normalized spacial score (nSPS) is 23.6. The van der Waals surface area contributed by atoms with Crippen molar-refractivity contribution in [3.63, 3.8) is 0 Å². The van der Waals surface area contributed by atoms with Crippen molar-refractivity contribution in [2.45, 2.75) is 56.9 Å². The molecule has 158 valence electrons. The first-order chi connectivity index (χ1) is 14.4. The Morgan fingerprint density at radius 1 is 1.20 bits per heavy atom. The quantitative estimate of drug-likeness (QED) is 0.782. The maximum atomic E-state index is 14.1. The molecule has 0 saturated carbocycles. The molecule has 2 aliphatic heterocycles.